The highest BCUT2D eigenvalue weighted by atomic mass is 79.9. The summed E-state index contributed by atoms with van der Waals surface area (Å²) in [6.45, 7) is 1.73. The summed E-state index contributed by atoms with van der Waals surface area (Å²) in [5, 5.41) is 11.7. The van der Waals surface area contributed by atoms with Gasteiger partial charge < -0.3 is 16.2 Å². The van der Waals surface area contributed by atoms with Crippen molar-refractivity contribution in [3.05, 3.63) is 57.6 Å². The van der Waals surface area contributed by atoms with Gasteiger partial charge in [0.1, 0.15) is 0 Å². The summed E-state index contributed by atoms with van der Waals surface area (Å²) in [4.78, 5) is 23.1. The minimum atomic E-state index is -1.00. The molecule has 0 saturated carbocycles. The summed E-state index contributed by atoms with van der Waals surface area (Å²) >= 11 is 3.28. The van der Waals surface area contributed by atoms with E-state index < -0.39 is 5.97 Å². The van der Waals surface area contributed by atoms with Crippen LogP contribution in [0.4, 0.5) is 11.4 Å². The lowest BCUT2D eigenvalue weighted by Crippen LogP contribution is -2.13. The van der Waals surface area contributed by atoms with Gasteiger partial charge in [-0.3, -0.25) is 4.79 Å². The number of carbonyl (C=O) groups is 2. The van der Waals surface area contributed by atoms with Crippen LogP contribution in [0.2, 0.25) is 0 Å². The Morgan fingerprint density at radius 1 is 1.14 bits per heavy atom. The van der Waals surface area contributed by atoms with Crippen molar-refractivity contribution in [3.63, 3.8) is 0 Å². The van der Waals surface area contributed by atoms with Crippen LogP contribution >= 0.6 is 15.9 Å². The van der Waals surface area contributed by atoms with Crippen molar-refractivity contribution in [1.29, 1.82) is 0 Å². The predicted molar refractivity (Wildman–Crippen MR) is 84.6 cm³/mol. The molecule has 0 spiro atoms. The zero-order valence-electron chi connectivity index (χ0n) is 11.2. The highest BCUT2D eigenvalue weighted by Gasteiger charge is 2.11. The molecule has 21 heavy (non-hydrogen) atoms. The molecule has 1 amide bonds. The van der Waals surface area contributed by atoms with Gasteiger partial charge in [-0.25, -0.2) is 4.79 Å². The molecule has 0 radical (unpaired) electrons. The van der Waals surface area contributed by atoms with Gasteiger partial charge in [0.05, 0.1) is 5.56 Å². The summed E-state index contributed by atoms with van der Waals surface area (Å²) in [7, 11) is 0. The van der Waals surface area contributed by atoms with Crippen molar-refractivity contribution in [1.82, 2.24) is 0 Å². The van der Waals surface area contributed by atoms with Gasteiger partial charge in [0.2, 0.25) is 0 Å². The maximum atomic E-state index is 12.2. The monoisotopic (exact) mass is 348 g/mol. The molecule has 0 saturated heterocycles. The maximum Gasteiger partial charge on any atom is 0.335 e. The molecule has 2 aromatic carbocycles. The normalized spacial score (nSPS) is 10.2. The SMILES string of the molecule is Cc1cc(C(=O)O)ccc1NC(=O)c1cc(N)cc(Br)c1. The van der Waals surface area contributed by atoms with Crippen LogP contribution in [-0.4, -0.2) is 17.0 Å². The first-order valence-corrected chi connectivity index (χ1v) is 6.87. The molecule has 5 nitrogen and oxygen atoms in total. The van der Waals surface area contributed by atoms with Crippen molar-refractivity contribution >= 4 is 39.2 Å². The fraction of sp³-hybridized carbons (Fsp3) is 0.0667. The molecule has 0 aliphatic rings. The Morgan fingerprint density at radius 2 is 1.86 bits per heavy atom. The highest BCUT2D eigenvalue weighted by Crippen LogP contribution is 2.21. The molecule has 4 N–H and O–H groups in total. The number of anilines is 2. The number of aromatic carboxylic acids is 1. The number of amides is 1. The van der Waals surface area contributed by atoms with Crippen LogP contribution < -0.4 is 11.1 Å². The van der Waals surface area contributed by atoms with Crippen molar-refractivity contribution in [3.8, 4) is 0 Å². The summed E-state index contributed by atoms with van der Waals surface area (Å²) < 4.78 is 0.714. The van der Waals surface area contributed by atoms with Crippen molar-refractivity contribution in [2.24, 2.45) is 0 Å². The van der Waals surface area contributed by atoms with Crippen LogP contribution in [0.5, 0.6) is 0 Å². The summed E-state index contributed by atoms with van der Waals surface area (Å²) in [6.07, 6.45) is 0. The van der Waals surface area contributed by atoms with Crippen LogP contribution in [0, 0.1) is 6.92 Å². The Morgan fingerprint density at radius 3 is 2.43 bits per heavy atom. The second-order valence-corrected chi connectivity index (χ2v) is 5.48. The van der Waals surface area contributed by atoms with E-state index >= 15 is 0 Å². The molecule has 0 atom stereocenters. The van der Waals surface area contributed by atoms with Crippen LogP contribution in [0.3, 0.4) is 0 Å². The molecule has 0 aliphatic heterocycles. The number of rotatable bonds is 3. The lowest BCUT2D eigenvalue weighted by atomic mass is 10.1. The first-order chi connectivity index (χ1) is 9.86. The number of halogens is 1. The topological polar surface area (TPSA) is 92.4 Å². The first-order valence-electron chi connectivity index (χ1n) is 6.08. The van der Waals surface area contributed by atoms with Crippen molar-refractivity contribution in [2.75, 3.05) is 11.1 Å². The van der Waals surface area contributed by atoms with Gasteiger partial charge in [-0.05, 0) is 48.9 Å². The molecule has 0 unspecified atom stereocenters. The number of nitrogen functional groups attached to an aromatic ring is 1. The molecule has 2 aromatic rings. The summed E-state index contributed by atoms with van der Waals surface area (Å²) in [6, 6.07) is 9.45. The third-order valence-electron chi connectivity index (χ3n) is 2.90. The van der Waals surface area contributed by atoms with Gasteiger partial charge in [-0.15, -0.1) is 0 Å². The summed E-state index contributed by atoms with van der Waals surface area (Å²) in [5.74, 6) is -1.31. The van der Waals surface area contributed by atoms with Crippen LogP contribution in [0.15, 0.2) is 40.9 Å². The van der Waals surface area contributed by atoms with E-state index in [9.17, 15) is 9.59 Å². The van der Waals surface area contributed by atoms with E-state index in [2.05, 4.69) is 21.2 Å². The Labute approximate surface area is 129 Å². The smallest absolute Gasteiger partial charge is 0.335 e. The first kappa shape index (κ1) is 15.1. The number of carboxylic acids is 1. The predicted octanol–water partition coefficient (Wildman–Crippen LogP) is 3.29. The van der Waals surface area contributed by atoms with E-state index in [1.165, 1.54) is 12.1 Å². The quantitative estimate of drug-likeness (QED) is 0.742. The van der Waals surface area contributed by atoms with E-state index in [0.29, 0.717) is 27.0 Å². The second kappa shape index (κ2) is 5.97. The van der Waals surface area contributed by atoms with Crippen molar-refractivity contribution in [2.45, 2.75) is 6.92 Å². The molecule has 0 heterocycles. The zero-order valence-corrected chi connectivity index (χ0v) is 12.8. The van der Waals surface area contributed by atoms with E-state index in [1.54, 1.807) is 31.2 Å². The number of hydrogen-bond donors (Lipinski definition) is 3. The van der Waals surface area contributed by atoms with Crippen LogP contribution in [0.25, 0.3) is 0 Å². The third-order valence-corrected chi connectivity index (χ3v) is 3.36. The number of nitrogens with two attached hydrogens (primary N) is 1. The Balaban J connectivity index is 2.25. The fourth-order valence-electron chi connectivity index (χ4n) is 1.87. The minimum Gasteiger partial charge on any atom is -0.478 e. The Bertz CT molecular complexity index is 709. The van der Waals surface area contributed by atoms with Gasteiger partial charge in [-0.1, -0.05) is 15.9 Å². The minimum absolute atomic E-state index is 0.178. The van der Waals surface area contributed by atoms with E-state index in [0.717, 1.165) is 0 Å². The van der Waals surface area contributed by atoms with Crippen LogP contribution in [0.1, 0.15) is 26.3 Å². The van der Waals surface area contributed by atoms with Gasteiger partial charge in [0, 0.05) is 21.4 Å². The lowest BCUT2D eigenvalue weighted by Gasteiger charge is -2.10. The Kier molecular flexibility index (Phi) is 4.28. The van der Waals surface area contributed by atoms with Gasteiger partial charge >= 0.3 is 5.97 Å². The number of carboxylic acid groups (broad SMARTS) is 1. The second-order valence-electron chi connectivity index (χ2n) is 4.56. The fourth-order valence-corrected chi connectivity index (χ4v) is 2.39. The largest absolute Gasteiger partial charge is 0.478 e. The number of nitrogens with one attached hydrogen (secondary N) is 1. The average molecular weight is 349 g/mol. The molecule has 0 bridgehead atoms. The molecule has 0 aromatic heterocycles. The van der Waals surface area contributed by atoms with E-state index in [4.69, 9.17) is 10.8 Å². The lowest BCUT2D eigenvalue weighted by molar-refractivity contribution is 0.0696. The van der Waals surface area contributed by atoms with Gasteiger partial charge in [0.15, 0.2) is 0 Å². The molecular weight excluding hydrogens is 336 g/mol. The van der Waals surface area contributed by atoms with E-state index in [-0.39, 0.29) is 11.5 Å². The number of carbonyl (C=O) groups excluding carboxylic acids is 1. The molecular formula is C15H13BrN2O3. The summed E-state index contributed by atoms with van der Waals surface area (Å²) in [5.41, 5.74) is 8.01. The number of hydrogen-bond acceptors (Lipinski definition) is 3. The highest BCUT2D eigenvalue weighted by molar-refractivity contribution is 9.10. The molecule has 0 aliphatic carbocycles. The van der Waals surface area contributed by atoms with Gasteiger partial charge in [0.25, 0.3) is 5.91 Å². The average Bonchev–Trinajstić information content (AvgIpc) is 2.39. The maximum absolute atomic E-state index is 12.2. The van der Waals surface area contributed by atoms with Crippen molar-refractivity contribution < 1.29 is 14.7 Å². The zero-order chi connectivity index (χ0) is 15.6. The molecule has 108 valence electrons. The third kappa shape index (κ3) is 3.61. The molecule has 2 rings (SSSR count). The number of benzene rings is 2. The van der Waals surface area contributed by atoms with Crippen LogP contribution in [-0.2, 0) is 0 Å². The van der Waals surface area contributed by atoms with Gasteiger partial charge in [-0.2, -0.15) is 0 Å². The Hall–Kier alpha value is -2.34. The standard InChI is InChI=1S/C15H13BrN2O3/c1-8-4-9(15(20)21)2-3-13(8)18-14(19)10-5-11(16)7-12(17)6-10/h2-7H,17H2,1H3,(H,18,19)(H,20,21). The van der Waals surface area contributed by atoms with E-state index in [1.807, 2.05) is 0 Å². The molecule has 6 heteroatoms. The number of aryl methyl sites for hydroxylation is 1. The molecule has 0 fully saturated rings.